The van der Waals surface area contributed by atoms with Crippen LogP contribution in [0.4, 0.5) is 0 Å². The monoisotopic (exact) mass is 434 g/mol. The van der Waals surface area contributed by atoms with Crippen molar-refractivity contribution in [2.24, 2.45) is 0 Å². The van der Waals surface area contributed by atoms with Crippen LogP contribution in [-0.4, -0.2) is 46.8 Å². The summed E-state index contributed by atoms with van der Waals surface area (Å²) in [6, 6.07) is 11.0. The fourth-order valence-electron chi connectivity index (χ4n) is 3.33. The molecule has 3 heterocycles. The van der Waals surface area contributed by atoms with Crippen molar-refractivity contribution in [1.82, 2.24) is 20.0 Å². The van der Waals surface area contributed by atoms with Gasteiger partial charge in [0.1, 0.15) is 11.4 Å². The molecule has 1 fully saturated rings. The molecule has 1 amide bonds. The molecule has 3 aromatic rings. The molecule has 1 N–H and O–H groups in total. The second-order valence-electron chi connectivity index (χ2n) is 6.71. The number of hydrogen-bond acceptors (Lipinski definition) is 4. The van der Waals surface area contributed by atoms with Crippen molar-refractivity contribution in [3.63, 3.8) is 0 Å². The molecule has 1 aliphatic rings. The summed E-state index contributed by atoms with van der Waals surface area (Å²) in [4.78, 5) is 16.3. The number of halogens is 2. The highest BCUT2D eigenvalue weighted by Gasteiger charge is 2.19. The molecule has 0 aliphatic carbocycles. The van der Waals surface area contributed by atoms with Crippen LogP contribution in [0.25, 0.3) is 16.3 Å². The zero-order valence-electron chi connectivity index (χ0n) is 15.2. The largest absolute Gasteiger partial charge is 0.349 e. The molecular weight excluding hydrogens is 415 g/mol. The van der Waals surface area contributed by atoms with Gasteiger partial charge in [0, 0.05) is 13.1 Å². The van der Waals surface area contributed by atoms with Crippen molar-refractivity contribution in [1.29, 1.82) is 0 Å². The maximum atomic E-state index is 12.9. The van der Waals surface area contributed by atoms with Crippen molar-refractivity contribution in [2.75, 3.05) is 26.2 Å². The molecule has 1 aliphatic heterocycles. The fourth-order valence-corrected chi connectivity index (χ4v) is 4.30. The van der Waals surface area contributed by atoms with Crippen LogP contribution in [0.3, 0.4) is 0 Å². The van der Waals surface area contributed by atoms with Crippen molar-refractivity contribution >= 4 is 40.4 Å². The lowest BCUT2D eigenvalue weighted by Gasteiger charge is -2.15. The number of thiophene rings is 1. The maximum Gasteiger partial charge on any atom is 0.270 e. The fraction of sp³-hybridized carbons (Fsp3) is 0.300. The summed E-state index contributed by atoms with van der Waals surface area (Å²) in [6.45, 7) is 3.70. The zero-order chi connectivity index (χ0) is 19.5. The molecule has 8 heteroatoms. The molecule has 0 saturated carbocycles. The van der Waals surface area contributed by atoms with Gasteiger partial charge in [-0.25, -0.2) is 4.68 Å². The standard InChI is InChI=1S/C20H20Cl2N4OS/c21-15-6-5-14(12-16(15)22)26-18(13-17(24-26)19-4-3-11-28-19)20(27)23-7-10-25-8-1-2-9-25/h3-6,11-13H,1-2,7-10H2,(H,23,27). The summed E-state index contributed by atoms with van der Waals surface area (Å²) in [5, 5.41) is 10.6. The molecule has 0 bridgehead atoms. The Kier molecular flexibility index (Phi) is 6.01. The molecule has 5 nitrogen and oxygen atoms in total. The van der Waals surface area contributed by atoms with Crippen LogP contribution >= 0.6 is 34.5 Å². The van der Waals surface area contributed by atoms with Crippen LogP contribution in [0.1, 0.15) is 23.3 Å². The number of benzene rings is 1. The van der Waals surface area contributed by atoms with E-state index in [0.29, 0.717) is 28.0 Å². The van der Waals surface area contributed by atoms with Crippen LogP contribution in [0.15, 0.2) is 41.8 Å². The van der Waals surface area contributed by atoms with Gasteiger partial charge in [0.05, 0.1) is 20.6 Å². The van der Waals surface area contributed by atoms with E-state index in [4.69, 9.17) is 23.2 Å². The lowest BCUT2D eigenvalue weighted by atomic mass is 10.2. The van der Waals surface area contributed by atoms with E-state index in [1.807, 2.05) is 23.6 Å². The smallest absolute Gasteiger partial charge is 0.270 e. The normalized spacial score (nSPS) is 14.5. The molecule has 1 saturated heterocycles. The molecule has 0 atom stereocenters. The maximum absolute atomic E-state index is 12.9. The highest BCUT2D eigenvalue weighted by Crippen LogP contribution is 2.28. The van der Waals surface area contributed by atoms with Gasteiger partial charge in [-0.1, -0.05) is 29.3 Å². The Morgan fingerprint density at radius 3 is 2.68 bits per heavy atom. The van der Waals surface area contributed by atoms with E-state index < -0.39 is 0 Å². The molecule has 0 unspecified atom stereocenters. The summed E-state index contributed by atoms with van der Waals surface area (Å²) in [6.07, 6.45) is 2.48. The first-order valence-corrected chi connectivity index (χ1v) is 10.9. The number of amides is 1. The van der Waals surface area contributed by atoms with Gasteiger partial charge in [-0.2, -0.15) is 5.10 Å². The average Bonchev–Trinajstić information content (AvgIpc) is 3.44. The second-order valence-corrected chi connectivity index (χ2v) is 8.47. The van der Waals surface area contributed by atoms with Crippen LogP contribution in [0.2, 0.25) is 10.0 Å². The molecule has 2 aromatic heterocycles. The quantitative estimate of drug-likeness (QED) is 0.609. The zero-order valence-corrected chi connectivity index (χ0v) is 17.5. The Morgan fingerprint density at radius 2 is 1.96 bits per heavy atom. The molecule has 4 rings (SSSR count). The lowest BCUT2D eigenvalue weighted by molar-refractivity contribution is 0.0942. The minimum absolute atomic E-state index is 0.152. The van der Waals surface area contributed by atoms with Crippen molar-refractivity contribution in [3.05, 3.63) is 57.5 Å². The van der Waals surface area contributed by atoms with Gasteiger partial charge in [0.25, 0.3) is 5.91 Å². The third-order valence-electron chi connectivity index (χ3n) is 4.78. The first kappa shape index (κ1) is 19.5. The Morgan fingerprint density at radius 1 is 1.14 bits per heavy atom. The molecule has 1 aromatic carbocycles. The van der Waals surface area contributed by atoms with Gasteiger partial charge in [0.15, 0.2) is 0 Å². The molecule has 0 spiro atoms. The number of likely N-dealkylation sites (tertiary alicyclic amines) is 1. The van der Waals surface area contributed by atoms with E-state index in [2.05, 4.69) is 15.3 Å². The van der Waals surface area contributed by atoms with E-state index in [1.54, 1.807) is 34.2 Å². The molecule has 146 valence electrons. The summed E-state index contributed by atoms with van der Waals surface area (Å²) in [7, 11) is 0. The molecule has 0 radical (unpaired) electrons. The number of aromatic nitrogens is 2. The number of rotatable bonds is 6. The summed E-state index contributed by atoms with van der Waals surface area (Å²) in [5.41, 5.74) is 1.93. The Hall–Kier alpha value is -1.86. The van der Waals surface area contributed by atoms with Crippen molar-refractivity contribution in [2.45, 2.75) is 12.8 Å². The third kappa shape index (κ3) is 4.25. The Balaban J connectivity index is 1.60. The van der Waals surface area contributed by atoms with E-state index in [-0.39, 0.29) is 5.91 Å². The van der Waals surface area contributed by atoms with Gasteiger partial charge in [-0.15, -0.1) is 11.3 Å². The average molecular weight is 435 g/mol. The highest BCUT2D eigenvalue weighted by molar-refractivity contribution is 7.13. The number of hydrogen-bond donors (Lipinski definition) is 1. The summed E-state index contributed by atoms with van der Waals surface area (Å²) in [5.74, 6) is -0.152. The van der Waals surface area contributed by atoms with Crippen LogP contribution < -0.4 is 5.32 Å². The van der Waals surface area contributed by atoms with E-state index in [9.17, 15) is 4.79 Å². The van der Waals surface area contributed by atoms with Crippen LogP contribution in [0.5, 0.6) is 0 Å². The first-order chi connectivity index (χ1) is 13.6. The molecule has 28 heavy (non-hydrogen) atoms. The van der Waals surface area contributed by atoms with Gasteiger partial charge < -0.3 is 10.2 Å². The number of nitrogens with zero attached hydrogens (tertiary/aromatic N) is 3. The summed E-state index contributed by atoms with van der Waals surface area (Å²) >= 11 is 13.8. The predicted octanol–water partition coefficient (Wildman–Crippen LogP) is 4.73. The molecular formula is C20H20Cl2N4OS. The highest BCUT2D eigenvalue weighted by atomic mass is 35.5. The van der Waals surface area contributed by atoms with Gasteiger partial charge >= 0.3 is 0 Å². The van der Waals surface area contributed by atoms with Crippen LogP contribution in [0, 0.1) is 0 Å². The van der Waals surface area contributed by atoms with Gasteiger partial charge in [0.2, 0.25) is 0 Å². The predicted molar refractivity (Wildman–Crippen MR) is 115 cm³/mol. The third-order valence-corrected chi connectivity index (χ3v) is 6.41. The number of carbonyl (C=O) groups excluding carboxylic acids is 1. The van der Waals surface area contributed by atoms with E-state index in [1.165, 1.54) is 12.8 Å². The minimum atomic E-state index is -0.152. The van der Waals surface area contributed by atoms with Gasteiger partial charge in [-0.05, 0) is 61.6 Å². The minimum Gasteiger partial charge on any atom is -0.349 e. The van der Waals surface area contributed by atoms with Gasteiger partial charge in [-0.3, -0.25) is 4.79 Å². The summed E-state index contributed by atoms with van der Waals surface area (Å²) < 4.78 is 1.63. The topological polar surface area (TPSA) is 50.2 Å². The Bertz CT molecular complexity index is 965. The van der Waals surface area contributed by atoms with E-state index in [0.717, 1.165) is 30.2 Å². The SMILES string of the molecule is O=C(NCCN1CCCC1)c1cc(-c2cccs2)nn1-c1ccc(Cl)c(Cl)c1. The first-order valence-electron chi connectivity index (χ1n) is 9.22. The van der Waals surface area contributed by atoms with Crippen LogP contribution in [-0.2, 0) is 0 Å². The number of carbonyl (C=O) groups is 1. The lowest BCUT2D eigenvalue weighted by Crippen LogP contribution is -2.34. The van der Waals surface area contributed by atoms with Crippen molar-refractivity contribution in [3.8, 4) is 16.3 Å². The number of nitrogens with one attached hydrogen (secondary N) is 1. The van der Waals surface area contributed by atoms with Crippen molar-refractivity contribution < 1.29 is 4.79 Å². The van der Waals surface area contributed by atoms with E-state index >= 15 is 0 Å². The Labute approximate surface area is 177 Å². The second kappa shape index (κ2) is 8.66.